The van der Waals surface area contributed by atoms with Crippen LogP contribution in [-0.4, -0.2) is 48.0 Å². The molecule has 98 valence electrons. The molecule has 0 bridgehead atoms. The number of fused-ring (bicyclic) bond motifs is 1. The van der Waals surface area contributed by atoms with Gasteiger partial charge in [-0.25, -0.2) is 0 Å². The van der Waals surface area contributed by atoms with E-state index in [0.717, 1.165) is 12.5 Å². The first-order valence-corrected chi connectivity index (χ1v) is 7.59. The Labute approximate surface area is 109 Å². The third-order valence-electron chi connectivity index (χ3n) is 4.22. The molecule has 1 N–H and O–H groups in total. The van der Waals surface area contributed by atoms with Crippen LogP contribution in [0.25, 0.3) is 0 Å². The smallest absolute Gasteiger partial charge is 0.156 e. The Bertz CT molecular complexity index is 299. The molecule has 4 heteroatoms. The minimum Gasteiger partial charge on any atom is -0.362 e. The van der Waals surface area contributed by atoms with Crippen LogP contribution in [0.4, 0.5) is 0 Å². The van der Waals surface area contributed by atoms with Gasteiger partial charge in [-0.05, 0) is 46.7 Å². The van der Waals surface area contributed by atoms with E-state index in [9.17, 15) is 0 Å². The molecule has 17 heavy (non-hydrogen) atoms. The van der Waals surface area contributed by atoms with E-state index in [1.807, 2.05) is 11.8 Å². The second kappa shape index (κ2) is 5.19. The summed E-state index contributed by atoms with van der Waals surface area (Å²) >= 11 is 1.91. The zero-order chi connectivity index (χ0) is 12.5. The molecule has 0 amide bonds. The lowest BCUT2D eigenvalue weighted by Gasteiger charge is -2.32. The highest BCUT2D eigenvalue weighted by Crippen LogP contribution is 2.32. The average Bonchev–Trinajstić information content (AvgIpc) is 2.73. The molecular weight excluding hydrogens is 230 g/mol. The number of amidine groups is 1. The summed E-state index contributed by atoms with van der Waals surface area (Å²) in [7, 11) is 4.24. The molecular formula is C13H25N3S. The Kier molecular flexibility index (Phi) is 4.03. The van der Waals surface area contributed by atoms with Crippen LogP contribution in [0.2, 0.25) is 0 Å². The van der Waals surface area contributed by atoms with Crippen molar-refractivity contribution >= 4 is 16.9 Å². The van der Waals surface area contributed by atoms with Crippen molar-refractivity contribution in [2.75, 3.05) is 26.4 Å². The molecule has 1 heterocycles. The highest BCUT2D eigenvalue weighted by molar-refractivity contribution is 8.13. The van der Waals surface area contributed by atoms with Crippen molar-refractivity contribution in [3.05, 3.63) is 0 Å². The fourth-order valence-corrected chi connectivity index (χ4v) is 3.47. The van der Waals surface area contributed by atoms with E-state index in [1.54, 1.807) is 0 Å². The van der Waals surface area contributed by atoms with Crippen LogP contribution in [-0.2, 0) is 0 Å². The summed E-state index contributed by atoms with van der Waals surface area (Å²) in [5.41, 5.74) is 0.141. The third-order valence-corrected chi connectivity index (χ3v) is 5.34. The van der Waals surface area contributed by atoms with Crippen LogP contribution >= 0.6 is 11.8 Å². The van der Waals surface area contributed by atoms with Gasteiger partial charge in [-0.3, -0.25) is 4.99 Å². The minimum atomic E-state index is 0.141. The van der Waals surface area contributed by atoms with Crippen LogP contribution in [0.1, 0.15) is 33.1 Å². The molecule has 1 saturated heterocycles. The van der Waals surface area contributed by atoms with Gasteiger partial charge < -0.3 is 10.2 Å². The van der Waals surface area contributed by atoms with Gasteiger partial charge in [-0.1, -0.05) is 18.2 Å². The number of aliphatic imine (C=N–C) groups is 1. The number of nitrogens with zero attached hydrogens (tertiary/aromatic N) is 2. The Morgan fingerprint density at radius 1 is 1.41 bits per heavy atom. The van der Waals surface area contributed by atoms with E-state index in [1.165, 1.54) is 30.2 Å². The Morgan fingerprint density at radius 3 is 2.88 bits per heavy atom. The number of nitrogens with one attached hydrogen (secondary N) is 1. The van der Waals surface area contributed by atoms with E-state index in [4.69, 9.17) is 4.99 Å². The lowest BCUT2D eigenvalue weighted by Crippen LogP contribution is -2.44. The first-order chi connectivity index (χ1) is 7.99. The molecule has 1 saturated carbocycles. The molecule has 2 fully saturated rings. The van der Waals surface area contributed by atoms with Crippen LogP contribution in [0.15, 0.2) is 4.99 Å². The summed E-state index contributed by atoms with van der Waals surface area (Å²) in [5, 5.41) is 4.79. The molecule has 0 spiro atoms. The van der Waals surface area contributed by atoms with E-state index in [2.05, 4.69) is 38.2 Å². The molecule has 2 atom stereocenters. The Balaban J connectivity index is 1.90. The first-order valence-electron chi connectivity index (χ1n) is 6.60. The van der Waals surface area contributed by atoms with Crippen molar-refractivity contribution in [3.63, 3.8) is 0 Å². The van der Waals surface area contributed by atoms with Gasteiger partial charge in [0, 0.05) is 17.3 Å². The topological polar surface area (TPSA) is 27.6 Å². The lowest BCUT2D eigenvalue weighted by atomic mass is 10.1. The number of rotatable bonds is 3. The highest BCUT2D eigenvalue weighted by atomic mass is 32.2. The van der Waals surface area contributed by atoms with Gasteiger partial charge in [0.05, 0.1) is 6.54 Å². The molecule has 2 unspecified atom stereocenters. The maximum atomic E-state index is 4.76. The predicted molar refractivity (Wildman–Crippen MR) is 76.8 cm³/mol. The predicted octanol–water partition coefficient (Wildman–Crippen LogP) is 2.19. The Morgan fingerprint density at radius 2 is 2.18 bits per heavy atom. The van der Waals surface area contributed by atoms with Crippen molar-refractivity contribution < 1.29 is 0 Å². The summed E-state index contributed by atoms with van der Waals surface area (Å²) < 4.78 is 0. The van der Waals surface area contributed by atoms with Gasteiger partial charge in [0.15, 0.2) is 5.17 Å². The van der Waals surface area contributed by atoms with Crippen LogP contribution in [0.3, 0.4) is 0 Å². The molecule has 0 aromatic carbocycles. The van der Waals surface area contributed by atoms with E-state index < -0.39 is 0 Å². The van der Waals surface area contributed by atoms with E-state index >= 15 is 0 Å². The average molecular weight is 255 g/mol. The van der Waals surface area contributed by atoms with Crippen molar-refractivity contribution in [2.24, 2.45) is 10.9 Å². The van der Waals surface area contributed by atoms with Crippen LogP contribution in [0.5, 0.6) is 0 Å². The van der Waals surface area contributed by atoms with Gasteiger partial charge in [0.2, 0.25) is 0 Å². The number of hydrogen-bond donors (Lipinski definition) is 1. The second-order valence-corrected chi connectivity index (χ2v) is 7.09. The normalized spacial score (nSPS) is 31.7. The fourth-order valence-electron chi connectivity index (χ4n) is 2.31. The van der Waals surface area contributed by atoms with Crippen LogP contribution in [0, 0.1) is 5.92 Å². The minimum absolute atomic E-state index is 0.141. The highest BCUT2D eigenvalue weighted by Gasteiger charge is 2.32. The second-order valence-electron chi connectivity index (χ2n) is 6.08. The lowest BCUT2D eigenvalue weighted by molar-refractivity contribution is 0.205. The zero-order valence-corrected chi connectivity index (χ0v) is 12.3. The van der Waals surface area contributed by atoms with Crippen molar-refractivity contribution in [1.82, 2.24) is 10.2 Å². The summed E-state index contributed by atoms with van der Waals surface area (Å²) in [6, 6.07) is 0.706. The SMILES string of the molecule is CN(C)C(C)(C)CN=C1NC2CCCC2CS1. The van der Waals surface area contributed by atoms with Crippen molar-refractivity contribution in [2.45, 2.75) is 44.7 Å². The molecule has 3 nitrogen and oxygen atoms in total. The van der Waals surface area contributed by atoms with Gasteiger partial charge in [0.1, 0.15) is 0 Å². The first kappa shape index (κ1) is 13.2. The summed E-state index contributed by atoms with van der Waals surface area (Å²) in [4.78, 5) is 7.00. The quantitative estimate of drug-likeness (QED) is 0.838. The van der Waals surface area contributed by atoms with Crippen LogP contribution < -0.4 is 5.32 Å². The standard InChI is InChI=1S/C13H25N3S/c1-13(2,16(3)4)9-14-12-15-11-7-5-6-10(11)8-17-12/h10-11H,5-9H2,1-4H3,(H,14,15). The van der Waals surface area contributed by atoms with Gasteiger partial charge in [-0.2, -0.15) is 0 Å². The maximum absolute atomic E-state index is 4.76. The largest absolute Gasteiger partial charge is 0.362 e. The molecule has 1 aliphatic carbocycles. The van der Waals surface area contributed by atoms with Gasteiger partial charge in [0.25, 0.3) is 0 Å². The molecule has 0 aromatic heterocycles. The molecule has 0 radical (unpaired) electrons. The molecule has 2 aliphatic rings. The molecule has 1 aliphatic heterocycles. The summed E-state index contributed by atoms with van der Waals surface area (Å²) in [6.07, 6.45) is 4.13. The van der Waals surface area contributed by atoms with E-state index in [0.29, 0.717) is 6.04 Å². The third kappa shape index (κ3) is 3.16. The number of thioether (sulfide) groups is 1. The van der Waals surface area contributed by atoms with Crippen molar-refractivity contribution in [3.8, 4) is 0 Å². The monoisotopic (exact) mass is 255 g/mol. The van der Waals surface area contributed by atoms with Gasteiger partial charge >= 0.3 is 0 Å². The number of likely N-dealkylation sites (N-methyl/N-ethyl adjacent to an activating group) is 1. The summed E-state index contributed by atoms with van der Waals surface area (Å²) in [5.74, 6) is 2.15. The maximum Gasteiger partial charge on any atom is 0.156 e. The fraction of sp³-hybridized carbons (Fsp3) is 0.923. The number of hydrogen-bond acceptors (Lipinski definition) is 3. The van der Waals surface area contributed by atoms with E-state index in [-0.39, 0.29) is 5.54 Å². The molecule has 0 aromatic rings. The van der Waals surface area contributed by atoms with Crippen molar-refractivity contribution in [1.29, 1.82) is 0 Å². The zero-order valence-electron chi connectivity index (χ0n) is 11.5. The Hall–Kier alpha value is -0.220. The summed E-state index contributed by atoms with van der Waals surface area (Å²) in [6.45, 7) is 5.35. The molecule has 2 rings (SSSR count). The van der Waals surface area contributed by atoms with Gasteiger partial charge in [-0.15, -0.1) is 0 Å².